The van der Waals surface area contributed by atoms with E-state index < -0.39 is 17.4 Å². The molecule has 1 fully saturated rings. The fraction of sp³-hybridized carbons (Fsp3) is 0.500. The maximum Gasteiger partial charge on any atom is 0.323 e. The van der Waals surface area contributed by atoms with Crippen molar-refractivity contribution in [1.82, 2.24) is 0 Å². The van der Waals surface area contributed by atoms with E-state index in [2.05, 4.69) is 0 Å². The highest BCUT2D eigenvalue weighted by Crippen LogP contribution is 2.50. The summed E-state index contributed by atoms with van der Waals surface area (Å²) in [5, 5.41) is 0. The summed E-state index contributed by atoms with van der Waals surface area (Å²) >= 11 is 0. The number of hydrogen-bond acceptors (Lipinski definition) is 5. The van der Waals surface area contributed by atoms with Gasteiger partial charge in [0, 0.05) is 0 Å². The van der Waals surface area contributed by atoms with Crippen LogP contribution in [0.4, 0.5) is 0 Å². The van der Waals surface area contributed by atoms with E-state index in [9.17, 15) is 14.4 Å². The van der Waals surface area contributed by atoms with Crippen LogP contribution in [-0.2, 0) is 23.9 Å². The minimum absolute atomic E-state index is 0.0165. The molecular weight excluding hydrogens is 296 g/mol. The van der Waals surface area contributed by atoms with Crippen LogP contribution in [0.1, 0.15) is 26.2 Å². The van der Waals surface area contributed by atoms with Crippen LogP contribution in [0, 0.1) is 17.3 Å². The lowest BCUT2D eigenvalue weighted by Gasteiger charge is -2.22. The Morgan fingerprint density at radius 1 is 1.22 bits per heavy atom. The van der Waals surface area contributed by atoms with Crippen LogP contribution in [0.2, 0.25) is 0 Å². The molecule has 0 unspecified atom stereocenters. The van der Waals surface area contributed by atoms with E-state index >= 15 is 0 Å². The minimum atomic E-state index is -1.25. The number of carbonyl (C=O) groups is 3. The van der Waals surface area contributed by atoms with Crippen LogP contribution in [0.25, 0.3) is 0 Å². The molecule has 5 nitrogen and oxygen atoms in total. The molecule has 2 aliphatic rings. The summed E-state index contributed by atoms with van der Waals surface area (Å²) in [5.41, 5.74) is 0.995. The molecule has 5 heteroatoms. The summed E-state index contributed by atoms with van der Waals surface area (Å²) in [6, 6.07) is 0. The van der Waals surface area contributed by atoms with Crippen LogP contribution >= 0.6 is 0 Å². The van der Waals surface area contributed by atoms with Gasteiger partial charge >= 0.3 is 11.9 Å². The average Bonchev–Trinajstić information content (AvgIpc) is 2.90. The second kappa shape index (κ2) is 6.94. The van der Waals surface area contributed by atoms with Crippen molar-refractivity contribution in [2.45, 2.75) is 26.2 Å². The number of methoxy groups -OCH3 is 2. The number of hydrogen-bond donors (Lipinski definition) is 0. The molecule has 2 aliphatic carbocycles. The van der Waals surface area contributed by atoms with Gasteiger partial charge in [-0.2, -0.15) is 0 Å². The first kappa shape index (κ1) is 17.2. The molecular formula is C18H22O5. The van der Waals surface area contributed by atoms with Crippen LogP contribution < -0.4 is 0 Å². The quantitative estimate of drug-likeness (QED) is 0.262. The summed E-state index contributed by atoms with van der Waals surface area (Å²) in [5.74, 6) is -0.904. The van der Waals surface area contributed by atoms with Crippen molar-refractivity contribution in [2.75, 3.05) is 14.2 Å². The lowest BCUT2D eigenvalue weighted by molar-refractivity contribution is -0.168. The molecule has 0 bridgehead atoms. The number of carbonyl (C=O) groups excluding carboxylic acids is 3. The largest absolute Gasteiger partial charge is 0.468 e. The van der Waals surface area contributed by atoms with Crippen molar-refractivity contribution in [3.63, 3.8) is 0 Å². The lowest BCUT2D eigenvalue weighted by Crippen LogP contribution is -2.39. The number of esters is 2. The Hall–Kier alpha value is -2.17. The molecule has 0 spiro atoms. The van der Waals surface area contributed by atoms with Gasteiger partial charge in [-0.1, -0.05) is 29.4 Å². The summed E-state index contributed by atoms with van der Waals surface area (Å²) in [7, 11) is 2.58. The Morgan fingerprint density at radius 2 is 1.87 bits per heavy atom. The van der Waals surface area contributed by atoms with Gasteiger partial charge < -0.3 is 9.47 Å². The van der Waals surface area contributed by atoms with E-state index in [1.165, 1.54) is 20.3 Å². The average molecular weight is 318 g/mol. The van der Waals surface area contributed by atoms with Crippen LogP contribution in [-0.4, -0.2) is 32.4 Å². The smallest absolute Gasteiger partial charge is 0.323 e. The van der Waals surface area contributed by atoms with E-state index in [0.717, 1.165) is 23.9 Å². The molecule has 23 heavy (non-hydrogen) atoms. The molecule has 0 aromatic rings. The minimum Gasteiger partial charge on any atom is -0.468 e. The van der Waals surface area contributed by atoms with Gasteiger partial charge in [0.15, 0.2) is 5.41 Å². The monoisotopic (exact) mass is 318 g/mol. The fourth-order valence-corrected chi connectivity index (χ4v) is 3.61. The Balaban J connectivity index is 2.35. The molecule has 0 radical (unpaired) electrons. The Kier molecular flexibility index (Phi) is 5.19. The highest BCUT2D eigenvalue weighted by molar-refractivity contribution is 6.01. The van der Waals surface area contributed by atoms with Crippen molar-refractivity contribution in [1.29, 1.82) is 0 Å². The Morgan fingerprint density at radius 3 is 2.43 bits per heavy atom. The zero-order valence-electron chi connectivity index (χ0n) is 13.7. The third-order valence-electron chi connectivity index (χ3n) is 4.78. The van der Waals surface area contributed by atoms with Crippen LogP contribution in [0.15, 0.2) is 35.5 Å². The molecule has 124 valence electrons. The normalized spacial score (nSPS) is 25.9. The summed E-state index contributed by atoms with van der Waals surface area (Å²) in [6.45, 7) is 2.02. The molecule has 0 aromatic carbocycles. The Bertz CT molecular complexity index is 581. The third kappa shape index (κ3) is 3.14. The van der Waals surface area contributed by atoms with Gasteiger partial charge in [0.25, 0.3) is 0 Å². The SMILES string of the molecule is COC(=O)C1(C(=O)OC)CC2=C(C)C[C@H](/C=C/C=O)C=C[C@H]2C1. The first-order valence-electron chi connectivity index (χ1n) is 7.64. The van der Waals surface area contributed by atoms with E-state index in [1.807, 2.05) is 25.2 Å². The molecule has 1 saturated carbocycles. The maximum atomic E-state index is 12.3. The van der Waals surface area contributed by atoms with Crippen molar-refractivity contribution >= 4 is 18.2 Å². The molecule has 0 aromatic heterocycles. The number of ether oxygens (including phenoxy) is 2. The number of aldehydes is 1. The lowest BCUT2D eigenvalue weighted by atomic mass is 9.84. The van der Waals surface area contributed by atoms with Gasteiger partial charge in [0.1, 0.15) is 6.29 Å². The molecule has 2 rings (SSSR count). The first-order chi connectivity index (χ1) is 11.0. The van der Waals surface area contributed by atoms with E-state index in [-0.39, 0.29) is 11.8 Å². The highest BCUT2D eigenvalue weighted by atomic mass is 16.5. The van der Waals surface area contributed by atoms with E-state index in [0.29, 0.717) is 12.8 Å². The second-order valence-corrected chi connectivity index (χ2v) is 6.13. The summed E-state index contributed by atoms with van der Waals surface area (Å²) in [4.78, 5) is 35.0. The third-order valence-corrected chi connectivity index (χ3v) is 4.78. The Labute approximate surface area is 136 Å². The molecule has 0 N–H and O–H groups in total. The first-order valence-corrected chi connectivity index (χ1v) is 7.64. The zero-order valence-corrected chi connectivity index (χ0v) is 13.7. The number of rotatable bonds is 4. The fourth-order valence-electron chi connectivity index (χ4n) is 3.61. The van der Waals surface area contributed by atoms with Crippen molar-refractivity contribution in [3.05, 3.63) is 35.5 Å². The van der Waals surface area contributed by atoms with Crippen molar-refractivity contribution in [3.8, 4) is 0 Å². The van der Waals surface area contributed by atoms with E-state index in [1.54, 1.807) is 0 Å². The molecule has 2 atom stereocenters. The second-order valence-electron chi connectivity index (χ2n) is 6.13. The van der Waals surface area contributed by atoms with Crippen LogP contribution in [0.3, 0.4) is 0 Å². The topological polar surface area (TPSA) is 69.7 Å². The molecule has 0 heterocycles. The van der Waals surface area contributed by atoms with Gasteiger partial charge in [0.05, 0.1) is 14.2 Å². The predicted octanol–water partition coefficient (Wildman–Crippen LogP) is 2.38. The number of allylic oxidation sites excluding steroid dienone is 6. The predicted molar refractivity (Wildman–Crippen MR) is 84.3 cm³/mol. The van der Waals surface area contributed by atoms with Crippen molar-refractivity contribution in [2.24, 2.45) is 17.3 Å². The molecule has 0 aliphatic heterocycles. The summed E-state index contributed by atoms with van der Waals surface area (Å²) < 4.78 is 9.74. The van der Waals surface area contributed by atoms with Gasteiger partial charge in [-0.25, -0.2) is 0 Å². The van der Waals surface area contributed by atoms with Crippen molar-refractivity contribution < 1.29 is 23.9 Å². The zero-order chi connectivity index (χ0) is 17.0. The number of fused-ring (bicyclic) bond motifs is 1. The summed E-state index contributed by atoms with van der Waals surface area (Å²) in [6.07, 6.45) is 9.65. The standard InChI is InChI=1S/C18H22O5/c1-12-9-13(5-4-8-19)6-7-14-10-18(11-15(12)14,16(20)22-2)17(21)23-3/h4-8,13-14H,9-11H2,1-3H3/b5-4+/t13-,14+/m1/s1. The molecule has 0 amide bonds. The van der Waals surface area contributed by atoms with Gasteiger partial charge in [0.2, 0.25) is 0 Å². The molecule has 0 saturated heterocycles. The van der Waals surface area contributed by atoms with Gasteiger partial charge in [-0.05, 0) is 44.1 Å². The van der Waals surface area contributed by atoms with Gasteiger partial charge in [-0.3, -0.25) is 14.4 Å². The van der Waals surface area contributed by atoms with Crippen LogP contribution in [0.5, 0.6) is 0 Å². The maximum absolute atomic E-state index is 12.3. The van der Waals surface area contributed by atoms with Gasteiger partial charge in [-0.15, -0.1) is 0 Å². The van der Waals surface area contributed by atoms with E-state index in [4.69, 9.17) is 9.47 Å². The highest BCUT2D eigenvalue weighted by Gasteiger charge is 2.55.